The van der Waals surface area contributed by atoms with E-state index < -0.39 is 5.41 Å². The summed E-state index contributed by atoms with van der Waals surface area (Å²) in [6, 6.07) is 0. The van der Waals surface area contributed by atoms with Gasteiger partial charge in [-0.2, -0.15) is 11.8 Å². The molecule has 1 rings (SSSR count). The van der Waals surface area contributed by atoms with Gasteiger partial charge in [0.05, 0.1) is 5.41 Å². The topological polar surface area (TPSA) is 26.3 Å². The highest BCUT2D eigenvalue weighted by atomic mass is 32.2. The molecule has 0 bridgehead atoms. The van der Waals surface area contributed by atoms with E-state index in [4.69, 9.17) is 4.74 Å². The van der Waals surface area contributed by atoms with E-state index in [1.165, 1.54) is 0 Å². The smallest absolute Gasteiger partial charge is 0.312 e. The summed E-state index contributed by atoms with van der Waals surface area (Å²) >= 11 is 1.95. The molecule has 3 heteroatoms. The van der Waals surface area contributed by atoms with Gasteiger partial charge in [-0.3, -0.25) is 4.79 Å². The Labute approximate surface area is 104 Å². The maximum atomic E-state index is 12.2. The lowest BCUT2D eigenvalue weighted by atomic mass is 9.69. The summed E-state index contributed by atoms with van der Waals surface area (Å²) in [6.07, 6.45) is 2.17. The molecule has 0 N–H and O–H groups in total. The van der Waals surface area contributed by atoms with Gasteiger partial charge < -0.3 is 4.74 Å². The number of rotatable bonds is 2. The first-order chi connectivity index (χ1) is 7.25. The summed E-state index contributed by atoms with van der Waals surface area (Å²) in [6.45, 7) is 10.2. The highest BCUT2D eigenvalue weighted by molar-refractivity contribution is 7.99. The molecule has 0 atom stereocenters. The number of carbonyl (C=O) groups excluding carboxylic acids is 1. The number of carbonyl (C=O) groups is 1. The molecule has 2 nitrogen and oxygen atoms in total. The van der Waals surface area contributed by atoms with Gasteiger partial charge in [0.2, 0.25) is 0 Å². The summed E-state index contributed by atoms with van der Waals surface area (Å²) < 4.78 is 5.63. The highest BCUT2D eigenvalue weighted by Gasteiger charge is 2.42. The quantitative estimate of drug-likeness (QED) is 0.695. The standard InChI is InChI=1S/C13H24O2S/c1-12(2,3)13(4,5)11(14)15-10-6-8-16-9-7-10/h10H,6-9H2,1-5H3. The number of thioether (sulfide) groups is 1. The van der Waals surface area contributed by atoms with Crippen molar-refractivity contribution in [1.82, 2.24) is 0 Å². The minimum absolute atomic E-state index is 0.0445. The van der Waals surface area contributed by atoms with E-state index in [0.717, 1.165) is 24.3 Å². The number of hydrogen-bond acceptors (Lipinski definition) is 3. The SMILES string of the molecule is CC(C)(C)C(C)(C)C(=O)OC1CCSCC1. The molecule has 0 spiro atoms. The Balaban J connectivity index is 2.57. The Bertz CT molecular complexity index is 247. The monoisotopic (exact) mass is 244 g/mol. The van der Waals surface area contributed by atoms with Crippen molar-refractivity contribution in [2.75, 3.05) is 11.5 Å². The molecule has 1 heterocycles. The van der Waals surface area contributed by atoms with Crippen molar-refractivity contribution >= 4 is 17.7 Å². The van der Waals surface area contributed by atoms with Crippen molar-refractivity contribution in [2.45, 2.75) is 53.6 Å². The molecule has 94 valence electrons. The predicted molar refractivity (Wildman–Crippen MR) is 69.7 cm³/mol. The number of ether oxygens (including phenoxy) is 1. The lowest BCUT2D eigenvalue weighted by Crippen LogP contribution is -2.41. The molecule has 0 amide bonds. The molecule has 0 aliphatic carbocycles. The Morgan fingerprint density at radius 2 is 1.62 bits per heavy atom. The predicted octanol–water partition coefficient (Wildman–Crippen LogP) is 3.50. The fourth-order valence-corrected chi connectivity index (χ4v) is 2.46. The minimum atomic E-state index is -0.419. The van der Waals surface area contributed by atoms with Crippen LogP contribution in [0.1, 0.15) is 47.5 Å². The van der Waals surface area contributed by atoms with Crippen LogP contribution in [-0.4, -0.2) is 23.6 Å². The van der Waals surface area contributed by atoms with Crippen molar-refractivity contribution in [3.63, 3.8) is 0 Å². The normalized spacial score (nSPS) is 19.6. The molecule has 0 aromatic rings. The summed E-state index contributed by atoms with van der Waals surface area (Å²) in [5, 5.41) is 0. The first-order valence-electron chi connectivity index (χ1n) is 6.04. The third-order valence-electron chi connectivity index (χ3n) is 3.83. The van der Waals surface area contributed by atoms with Gasteiger partial charge in [-0.15, -0.1) is 0 Å². The highest BCUT2D eigenvalue weighted by Crippen LogP contribution is 2.39. The Morgan fingerprint density at radius 1 is 1.12 bits per heavy atom. The Hall–Kier alpha value is -0.180. The van der Waals surface area contributed by atoms with E-state index in [2.05, 4.69) is 20.8 Å². The molecule has 1 aliphatic heterocycles. The van der Waals surface area contributed by atoms with Crippen LogP contribution in [0.2, 0.25) is 0 Å². The van der Waals surface area contributed by atoms with Crippen LogP contribution in [0.15, 0.2) is 0 Å². The zero-order valence-electron chi connectivity index (χ0n) is 11.1. The molecule has 0 unspecified atom stereocenters. The van der Waals surface area contributed by atoms with Crippen molar-refractivity contribution < 1.29 is 9.53 Å². The van der Waals surface area contributed by atoms with Gasteiger partial charge in [-0.05, 0) is 43.6 Å². The molecule has 16 heavy (non-hydrogen) atoms. The van der Waals surface area contributed by atoms with Crippen LogP contribution in [0.4, 0.5) is 0 Å². The van der Waals surface area contributed by atoms with Gasteiger partial charge in [0.15, 0.2) is 0 Å². The first-order valence-corrected chi connectivity index (χ1v) is 7.19. The Morgan fingerprint density at radius 3 is 2.06 bits per heavy atom. The van der Waals surface area contributed by atoms with Crippen molar-refractivity contribution in [3.8, 4) is 0 Å². The molecule has 1 aliphatic rings. The second-order valence-electron chi connectivity index (χ2n) is 6.09. The molecule has 0 saturated carbocycles. The van der Waals surface area contributed by atoms with E-state index in [-0.39, 0.29) is 17.5 Å². The lowest BCUT2D eigenvalue weighted by Gasteiger charge is -2.37. The van der Waals surface area contributed by atoms with Gasteiger partial charge in [-0.25, -0.2) is 0 Å². The van der Waals surface area contributed by atoms with E-state index >= 15 is 0 Å². The molecule has 1 saturated heterocycles. The van der Waals surface area contributed by atoms with Crippen LogP contribution in [0.5, 0.6) is 0 Å². The average Bonchev–Trinajstić information content (AvgIpc) is 2.17. The number of hydrogen-bond donors (Lipinski definition) is 0. The van der Waals surface area contributed by atoms with Crippen molar-refractivity contribution in [3.05, 3.63) is 0 Å². The summed E-state index contributed by atoms with van der Waals surface area (Å²) in [4.78, 5) is 12.2. The summed E-state index contributed by atoms with van der Waals surface area (Å²) in [5.74, 6) is 2.19. The molecule has 1 fully saturated rings. The van der Waals surface area contributed by atoms with Gasteiger partial charge in [0.25, 0.3) is 0 Å². The molecule has 0 aromatic carbocycles. The Kier molecular flexibility index (Phi) is 4.33. The maximum absolute atomic E-state index is 12.2. The third kappa shape index (κ3) is 3.16. The molecule has 0 aromatic heterocycles. The first kappa shape index (κ1) is 13.9. The van der Waals surface area contributed by atoms with Crippen LogP contribution >= 0.6 is 11.8 Å². The van der Waals surface area contributed by atoms with Crippen LogP contribution in [0.25, 0.3) is 0 Å². The van der Waals surface area contributed by atoms with Crippen LogP contribution in [0, 0.1) is 10.8 Å². The van der Waals surface area contributed by atoms with Crippen molar-refractivity contribution in [1.29, 1.82) is 0 Å². The second kappa shape index (κ2) is 4.99. The van der Waals surface area contributed by atoms with E-state index in [9.17, 15) is 4.79 Å². The maximum Gasteiger partial charge on any atom is 0.312 e. The van der Waals surface area contributed by atoms with E-state index in [1.807, 2.05) is 25.6 Å². The molecular formula is C13H24O2S. The summed E-state index contributed by atoms with van der Waals surface area (Å²) in [7, 11) is 0. The van der Waals surface area contributed by atoms with Gasteiger partial charge in [0, 0.05) is 0 Å². The van der Waals surface area contributed by atoms with Crippen LogP contribution < -0.4 is 0 Å². The number of esters is 1. The third-order valence-corrected chi connectivity index (χ3v) is 4.88. The molecular weight excluding hydrogens is 220 g/mol. The lowest BCUT2D eigenvalue weighted by molar-refractivity contribution is -0.166. The second-order valence-corrected chi connectivity index (χ2v) is 7.32. The van der Waals surface area contributed by atoms with Crippen molar-refractivity contribution in [2.24, 2.45) is 10.8 Å². The van der Waals surface area contributed by atoms with Gasteiger partial charge >= 0.3 is 5.97 Å². The molecule has 0 radical (unpaired) electrons. The minimum Gasteiger partial charge on any atom is -0.462 e. The largest absolute Gasteiger partial charge is 0.462 e. The summed E-state index contributed by atoms with van der Waals surface area (Å²) in [5.41, 5.74) is -0.481. The van der Waals surface area contributed by atoms with E-state index in [0.29, 0.717) is 0 Å². The average molecular weight is 244 g/mol. The van der Waals surface area contributed by atoms with Gasteiger partial charge in [-0.1, -0.05) is 20.8 Å². The fourth-order valence-electron chi connectivity index (χ4n) is 1.40. The fraction of sp³-hybridized carbons (Fsp3) is 0.923. The van der Waals surface area contributed by atoms with Crippen LogP contribution in [-0.2, 0) is 9.53 Å². The zero-order chi connectivity index (χ0) is 12.4. The van der Waals surface area contributed by atoms with Gasteiger partial charge in [0.1, 0.15) is 6.10 Å². The van der Waals surface area contributed by atoms with Crippen LogP contribution in [0.3, 0.4) is 0 Å². The van der Waals surface area contributed by atoms with E-state index in [1.54, 1.807) is 0 Å². The zero-order valence-corrected chi connectivity index (χ0v) is 11.9.